The highest BCUT2D eigenvalue weighted by Crippen LogP contribution is 2.35. The number of aromatic nitrogens is 3. The predicted molar refractivity (Wildman–Crippen MR) is 203 cm³/mol. The molecule has 4 aromatic rings. The van der Waals surface area contributed by atoms with Gasteiger partial charge in [-0.05, 0) is 72.9 Å². The summed E-state index contributed by atoms with van der Waals surface area (Å²) in [4.78, 5) is 45.1. The Hall–Kier alpha value is -4.59. The number of amides is 3. The van der Waals surface area contributed by atoms with E-state index in [4.69, 9.17) is 0 Å². The number of rotatable bonds is 9. The molecule has 2 unspecified atom stereocenters. The van der Waals surface area contributed by atoms with Gasteiger partial charge in [0, 0.05) is 93.7 Å². The normalized spacial score (nSPS) is 20.5. The zero-order valence-corrected chi connectivity index (χ0v) is 30.9. The van der Waals surface area contributed by atoms with Crippen LogP contribution in [0.4, 0.5) is 19.7 Å². The number of carbonyl (C=O) groups excluding carboxylic acids is 1. The Morgan fingerprint density at radius 1 is 0.962 bits per heavy atom. The SMILES string of the molecule is Cc1c(NC(=O)N2CC(O)C(CC(C)C)C2)cc(F)cc1-c1ncnc2[nH]c(-c3ccc(CN4CCN(CC5CCN(C(=O)O)CC5)CC4)cc3)cc12. The number of piperazine rings is 1. The second-order valence-electron chi connectivity index (χ2n) is 15.6. The molecule has 5 heterocycles. The zero-order valence-electron chi connectivity index (χ0n) is 30.9. The minimum atomic E-state index is -0.805. The molecule has 2 aromatic carbocycles. The molecule has 12 nitrogen and oxygen atoms in total. The minimum Gasteiger partial charge on any atom is -0.465 e. The van der Waals surface area contributed by atoms with Crippen LogP contribution in [-0.4, -0.2) is 122 Å². The maximum Gasteiger partial charge on any atom is 0.407 e. The number of anilines is 1. The summed E-state index contributed by atoms with van der Waals surface area (Å²) >= 11 is 0. The number of hydrogen-bond acceptors (Lipinski definition) is 7. The van der Waals surface area contributed by atoms with Crippen molar-refractivity contribution < 1.29 is 24.2 Å². The van der Waals surface area contributed by atoms with Crippen LogP contribution in [0.1, 0.15) is 44.2 Å². The molecular weight excluding hydrogens is 675 g/mol. The summed E-state index contributed by atoms with van der Waals surface area (Å²) in [6.45, 7) is 14.0. The average molecular weight is 727 g/mol. The van der Waals surface area contributed by atoms with Crippen molar-refractivity contribution >= 4 is 28.8 Å². The Morgan fingerprint density at radius 3 is 2.38 bits per heavy atom. The highest BCUT2D eigenvalue weighted by Gasteiger charge is 2.34. The van der Waals surface area contributed by atoms with Crippen molar-refractivity contribution in [3.05, 3.63) is 65.7 Å². The second kappa shape index (κ2) is 15.8. The lowest BCUT2D eigenvalue weighted by atomic mass is 9.95. The van der Waals surface area contributed by atoms with E-state index in [0.717, 1.165) is 75.2 Å². The number of piperidine rings is 1. The van der Waals surface area contributed by atoms with E-state index < -0.39 is 18.0 Å². The van der Waals surface area contributed by atoms with Gasteiger partial charge < -0.3 is 35.2 Å². The van der Waals surface area contributed by atoms with Gasteiger partial charge in [0.15, 0.2) is 0 Å². The van der Waals surface area contributed by atoms with Crippen LogP contribution in [0.15, 0.2) is 48.8 Å². The zero-order chi connectivity index (χ0) is 37.2. The second-order valence-corrected chi connectivity index (χ2v) is 15.6. The lowest BCUT2D eigenvalue weighted by Gasteiger charge is -2.38. The van der Waals surface area contributed by atoms with E-state index in [9.17, 15) is 19.8 Å². The minimum absolute atomic E-state index is 0.0225. The maximum absolute atomic E-state index is 15.1. The molecule has 3 amide bonds. The number of carbonyl (C=O) groups is 2. The first-order valence-corrected chi connectivity index (χ1v) is 18.9. The van der Waals surface area contributed by atoms with Gasteiger partial charge in [-0.15, -0.1) is 0 Å². The molecule has 3 saturated heterocycles. The summed E-state index contributed by atoms with van der Waals surface area (Å²) in [6, 6.07) is 12.9. The molecule has 0 aliphatic carbocycles. The Bertz CT molecular complexity index is 1920. The number of fused-ring (bicyclic) bond motifs is 1. The molecule has 0 saturated carbocycles. The van der Waals surface area contributed by atoms with E-state index in [-0.39, 0.29) is 18.5 Å². The number of nitrogens with one attached hydrogen (secondary N) is 2. The predicted octanol–water partition coefficient (Wildman–Crippen LogP) is 6.12. The molecule has 0 spiro atoms. The highest BCUT2D eigenvalue weighted by molar-refractivity contribution is 5.97. The molecule has 282 valence electrons. The van der Waals surface area contributed by atoms with E-state index in [2.05, 4.69) is 68.2 Å². The standard InChI is InChI=1S/C40H51FN8O4/c1-25(2)16-30-22-49(23-36(30)50)39(51)45-34-18-31(41)17-32(26(34)3)37-33-19-35(44-38(33)43-24-42-37)29-6-4-27(5-7-29)20-46-12-14-47(15-13-46)21-28-8-10-48(11-9-28)40(52)53/h4-7,17-19,24-25,28,30,36,50H,8-16,20-23H2,1-3H3,(H,45,51)(H,52,53)(H,42,43,44). The Morgan fingerprint density at radius 2 is 1.68 bits per heavy atom. The van der Waals surface area contributed by atoms with Crippen molar-refractivity contribution in [3.63, 3.8) is 0 Å². The van der Waals surface area contributed by atoms with Crippen LogP contribution >= 0.6 is 0 Å². The van der Waals surface area contributed by atoms with E-state index in [1.165, 1.54) is 28.9 Å². The van der Waals surface area contributed by atoms with E-state index in [1.807, 2.05) is 13.0 Å². The summed E-state index contributed by atoms with van der Waals surface area (Å²) in [5.74, 6) is 0.516. The van der Waals surface area contributed by atoms with Crippen LogP contribution in [0.2, 0.25) is 0 Å². The van der Waals surface area contributed by atoms with Crippen molar-refractivity contribution in [3.8, 4) is 22.5 Å². The number of β-amino-alcohol motifs (C(OH)–C–C–N with tert-alkyl or cyclic N) is 1. The molecule has 3 fully saturated rings. The van der Waals surface area contributed by atoms with Gasteiger partial charge in [-0.25, -0.2) is 23.9 Å². The van der Waals surface area contributed by atoms with Crippen molar-refractivity contribution in [2.75, 3.05) is 64.2 Å². The van der Waals surface area contributed by atoms with E-state index in [0.29, 0.717) is 59.6 Å². The number of nitrogens with zero attached hydrogens (tertiary/aromatic N) is 6. The quantitative estimate of drug-likeness (QED) is 0.162. The number of H-pyrrole nitrogens is 1. The number of aliphatic hydroxyl groups excluding tert-OH is 1. The molecule has 0 radical (unpaired) electrons. The van der Waals surface area contributed by atoms with Gasteiger partial charge >= 0.3 is 12.1 Å². The molecule has 7 rings (SSSR count). The molecular formula is C40H51FN8O4. The molecule has 53 heavy (non-hydrogen) atoms. The molecule has 3 aliphatic heterocycles. The largest absolute Gasteiger partial charge is 0.465 e. The third-order valence-electron chi connectivity index (χ3n) is 11.3. The number of halogens is 1. The van der Waals surface area contributed by atoms with Crippen LogP contribution in [-0.2, 0) is 6.54 Å². The number of aliphatic hydroxyl groups is 1. The van der Waals surface area contributed by atoms with Crippen molar-refractivity contribution in [2.45, 2.75) is 52.7 Å². The van der Waals surface area contributed by atoms with Gasteiger partial charge in [0.2, 0.25) is 0 Å². The first kappa shape index (κ1) is 36.8. The lowest BCUT2D eigenvalue weighted by molar-refractivity contribution is 0.0875. The van der Waals surface area contributed by atoms with Gasteiger partial charge in [-0.3, -0.25) is 4.90 Å². The molecule has 0 bridgehead atoms. The van der Waals surface area contributed by atoms with Gasteiger partial charge in [0.25, 0.3) is 0 Å². The van der Waals surface area contributed by atoms with Crippen LogP contribution in [0.3, 0.4) is 0 Å². The number of benzene rings is 2. The van der Waals surface area contributed by atoms with Gasteiger partial charge in [0.1, 0.15) is 17.8 Å². The van der Waals surface area contributed by atoms with E-state index in [1.54, 1.807) is 4.90 Å². The average Bonchev–Trinajstić information content (AvgIpc) is 3.74. The fourth-order valence-electron chi connectivity index (χ4n) is 8.27. The Balaban J connectivity index is 0.988. The third-order valence-corrected chi connectivity index (χ3v) is 11.3. The summed E-state index contributed by atoms with van der Waals surface area (Å²) in [5, 5.41) is 23.4. The summed E-state index contributed by atoms with van der Waals surface area (Å²) in [7, 11) is 0. The number of carboxylic acid groups (broad SMARTS) is 1. The molecule has 2 aromatic heterocycles. The van der Waals surface area contributed by atoms with Crippen LogP contribution in [0, 0.1) is 30.5 Å². The number of hydrogen-bond donors (Lipinski definition) is 4. The van der Waals surface area contributed by atoms with Gasteiger partial charge in [0.05, 0.1) is 11.8 Å². The first-order chi connectivity index (χ1) is 25.5. The molecule has 2 atom stereocenters. The molecule has 4 N–H and O–H groups in total. The summed E-state index contributed by atoms with van der Waals surface area (Å²) in [6.07, 6.45) is 2.81. The lowest BCUT2D eigenvalue weighted by Crippen LogP contribution is -2.48. The smallest absolute Gasteiger partial charge is 0.407 e. The van der Waals surface area contributed by atoms with Crippen molar-refractivity contribution in [2.24, 2.45) is 17.8 Å². The molecule has 3 aliphatic rings. The number of urea groups is 1. The van der Waals surface area contributed by atoms with Gasteiger partial charge in [-0.2, -0.15) is 0 Å². The van der Waals surface area contributed by atoms with Crippen LogP contribution in [0.25, 0.3) is 33.5 Å². The first-order valence-electron chi connectivity index (χ1n) is 18.9. The fraction of sp³-hybridized carbons (Fsp3) is 0.500. The highest BCUT2D eigenvalue weighted by atomic mass is 19.1. The van der Waals surface area contributed by atoms with Crippen molar-refractivity contribution in [1.29, 1.82) is 0 Å². The molecule has 13 heteroatoms. The summed E-state index contributed by atoms with van der Waals surface area (Å²) < 4.78 is 15.1. The van der Waals surface area contributed by atoms with Crippen molar-refractivity contribution in [1.82, 2.24) is 34.6 Å². The number of likely N-dealkylation sites (tertiary alicyclic amines) is 2. The topological polar surface area (TPSA) is 141 Å². The number of aromatic amines is 1. The summed E-state index contributed by atoms with van der Waals surface area (Å²) in [5.41, 5.74) is 5.94. The maximum atomic E-state index is 15.1. The van der Waals surface area contributed by atoms with Gasteiger partial charge in [-0.1, -0.05) is 38.1 Å². The van der Waals surface area contributed by atoms with E-state index >= 15 is 4.39 Å². The third kappa shape index (κ3) is 8.47. The fourth-order valence-corrected chi connectivity index (χ4v) is 8.27. The van der Waals surface area contributed by atoms with Crippen LogP contribution in [0.5, 0.6) is 0 Å². The monoisotopic (exact) mass is 726 g/mol. The Labute approximate surface area is 310 Å². The Kier molecular flexibility index (Phi) is 11.0. The van der Waals surface area contributed by atoms with Crippen LogP contribution < -0.4 is 5.32 Å².